The summed E-state index contributed by atoms with van der Waals surface area (Å²) in [6.45, 7) is 3.17. The molecule has 6 rings (SSSR count). The molecule has 0 unspecified atom stereocenters. The SMILES string of the molecule is Cc1cc(C(=O)N2Cc3ccc(C(=O)NCc4cccnc4)n3Cc3ccccc32)ccc1-c1ccc(Cl)c(Cl)c1. The highest BCUT2D eigenvalue weighted by Crippen LogP contribution is 2.33. The van der Waals surface area contributed by atoms with Crippen LogP contribution in [0.25, 0.3) is 11.1 Å². The topological polar surface area (TPSA) is 67.2 Å². The molecule has 2 amide bonds. The molecule has 3 aromatic carbocycles. The summed E-state index contributed by atoms with van der Waals surface area (Å²) in [6.07, 6.45) is 3.44. The van der Waals surface area contributed by atoms with Crippen LogP contribution in [0.4, 0.5) is 5.69 Å². The zero-order valence-electron chi connectivity index (χ0n) is 22.3. The number of anilines is 1. The van der Waals surface area contributed by atoms with Crippen molar-refractivity contribution >= 4 is 40.7 Å². The number of aryl methyl sites for hydroxylation is 1. The van der Waals surface area contributed by atoms with Gasteiger partial charge in [-0.2, -0.15) is 0 Å². The normalized spacial score (nSPS) is 12.3. The van der Waals surface area contributed by atoms with E-state index < -0.39 is 0 Å². The summed E-state index contributed by atoms with van der Waals surface area (Å²) in [4.78, 5) is 33.1. The third-order valence-electron chi connectivity index (χ3n) is 7.36. The second-order valence-corrected chi connectivity index (χ2v) is 10.8. The maximum absolute atomic E-state index is 14.0. The van der Waals surface area contributed by atoms with Crippen molar-refractivity contribution in [3.63, 3.8) is 0 Å². The van der Waals surface area contributed by atoms with E-state index in [0.717, 1.165) is 39.2 Å². The van der Waals surface area contributed by atoms with Gasteiger partial charge in [0.05, 0.1) is 23.1 Å². The highest BCUT2D eigenvalue weighted by Gasteiger charge is 2.27. The molecular weight excluding hydrogens is 555 g/mol. The fourth-order valence-electron chi connectivity index (χ4n) is 5.26. The third-order valence-corrected chi connectivity index (χ3v) is 8.10. The monoisotopic (exact) mass is 580 g/mol. The number of rotatable bonds is 5. The Morgan fingerprint density at radius 3 is 2.54 bits per heavy atom. The molecule has 0 aliphatic carbocycles. The molecule has 5 aromatic rings. The molecule has 41 heavy (non-hydrogen) atoms. The molecular formula is C33H26Cl2N4O2. The van der Waals surface area contributed by atoms with Gasteiger partial charge in [-0.3, -0.25) is 14.6 Å². The second-order valence-electron chi connectivity index (χ2n) is 10.0. The second kappa shape index (κ2) is 11.2. The molecule has 0 radical (unpaired) electrons. The highest BCUT2D eigenvalue weighted by atomic mass is 35.5. The van der Waals surface area contributed by atoms with Gasteiger partial charge in [-0.1, -0.05) is 59.6 Å². The van der Waals surface area contributed by atoms with E-state index in [2.05, 4.69) is 10.3 Å². The van der Waals surface area contributed by atoms with E-state index in [9.17, 15) is 9.59 Å². The lowest BCUT2D eigenvalue weighted by Crippen LogP contribution is -2.30. The van der Waals surface area contributed by atoms with Gasteiger partial charge in [0.25, 0.3) is 11.8 Å². The van der Waals surface area contributed by atoms with Crippen molar-refractivity contribution in [1.29, 1.82) is 0 Å². The number of nitrogens with one attached hydrogen (secondary N) is 1. The fourth-order valence-corrected chi connectivity index (χ4v) is 5.55. The van der Waals surface area contributed by atoms with E-state index in [0.29, 0.717) is 40.9 Å². The predicted octanol–water partition coefficient (Wildman–Crippen LogP) is 7.30. The molecule has 2 aromatic heterocycles. The van der Waals surface area contributed by atoms with E-state index in [1.165, 1.54) is 0 Å². The van der Waals surface area contributed by atoms with Crippen LogP contribution >= 0.6 is 23.2 Å². The molecule has 8 heteroatoms. The lowest BCUT2D eigenvalue weighted by molar-refractivity contribution is 0.0941. The lowest BCUT2D eigenvalue weighted by atomic mass is 9.98. The molecule has 0 saturated heterocycles. The molecule has 6 nitrogen and oxygen atoms in total. The van der Waals surface area contributed by atoms with Gasteiger partial charge in [-0.15, -0.1) is 0 Å². The number of carbonyl (C=O) groups is 2. The number of hydrogen-bond acceptors (Lipinski definition) is 3. The summed E-state index contributed by atoms with van der Waals surface area (Å²) in [5, 5.41) is 3.97. The van der Waals surface area contributed by atoms with Crippen LogP contribution in [-0.2, 0) is 19.6 Å². The summed E-state index contributed by atoms with van der Waals surface area (Å²) in [6, 6.07) is 26.6. The van der Waals surface area contributed by atoms with Crippen LogP contribution in [0, 0.1) is 6.92 Å². The highest BCUT2D eigenvalue weighted by molar-refractivity contribution is 6.42. The average Bonchev–Trinajstić information content (AvgIpc) is 3.30. The molecule has 1 N–H and O–H groups in total. The van der Waals surface area contributed by atoms with Crippen LogP contribution in [-0.4, -0.2) is 21.4 Å². The number of halogens is 2. The number of pyridine rings is 1. The average molecular weight is 582 g/mol. The molecule has 0 atom stereocenters. The molecule has 0 fully saturated rings. The number of carbonyl (C=O) groups excluding carboxylic acids is 2. The standard InChI is InChI=1S/C33H26Cl2N4O2/c1-21-15-24(8-11-27(21)23-9-12-28(34)29(35)16-23)33(41)39-20-26-10-13-31(32(40)37-18-22-5-4-14-36-17-22)38(26)19-25-6-2-3-7-30(25)39/h2-17H,18-20H2,1H3,(H,37,40). The summed E-state index contributed by atoms with van der Waals surface area (Å²) in [7, 11) is 0. The van der Waals surface area contributed by atoms with Crippen LogP contribution in [0.3, 0.4) is 0 Å². The van der Waals surface area contributed by atoms with Crippen molar-refractivity contribution in [2.45, 2.75) is 26.6 Å². The van der Waals surface area contributed by atoms with Gasteiger partial charge in [0.1, 0.15) is 5.69 Å². The van der Waals surface area contributed by atoms with E-state index in [1.54, 1.807) is 23.4 Å². The predicted molar refractivity (Wildman–Crippen MR) is 163 cm³/mol. The molecule has 3 heterocycles. The summed E-state index contributed by atoms with van der Waals surface area (Å²) >= 11 is 12.4. The van der Waals surface area contributed by atoms with Crippen LogP contribution in [0.2, 0.25) is 10.0 Å². The van der Waals surface area contributed by atoms with Gasteiger partial charge in [0, 0.05) is 35.9 Å². The number of benzene rings is 3. The van der Waals surface area contributed by atoms with Gasteiger partial charge < -0.3 is 14.8 Å². The van der Waals surface area contributed by atoms with E-state index in [4.69, 9.17) is 23.2 Å². The van der Waals surface area contributed by atoms with E-state index in [-0.39, 0.29) is 11.8 Å². The largest absolute Gasteiger partial charge is 0.347 e. The Morgan fingerprint density at radius 1 is 0.902 bits per heavy atom. The first-order valence-electron chi connectivity index (χ1n) is 13.2. The third kappa shape index (κ3) is 5.36. The number of para-hydroxylation sites is 1. The van der Waals surface area contributed by atoms with Gasteiger partial charge in [0.2, 0.25) is 0 Å². The maximum atomic E-state index is 14.0. The Labute approximate surface area is 248 Å². The molecule has 0 spiro atoms. The minimum Gasteiger partial charge on any atom is -0.347 e. The van der Waals surface area contributed by atoms with Crippen LogP contribution in [0.15, 0.2) is 97.3 Å². The van der Waals surface area contributed by atoms with Crippen molar-refractivity contribution in [3.8, 4) is 11.1 Å². The van der Waals surface area contributed by atoms with Crippen LogP contribution in [0.1, 0.15) is 43.2 Å². The Kier molecular flexibility index (Phi) is 7.35. The Balaban J connectivity index is 1.30. The molecule has 1 aliphatic heterocycles. The number of nitrogens with zero attached hydrogens (tertiary/aromatic N) is 3. The lowest BCUT2D eigenvalue weighted by Gasteiger charge is -2.23. The minimum absolute atomic E-state index is 0.113. The zero-order valence-corrected chi connectivity index (χ0v) is 23.8. The first-order valence-corrected chi connectivity index (χ1v) is 14.0. The molecule has 0 saturated carbocycles. The van der Waals surface area contributed by atoms with Crippen molar-refractivity contribution in [2.24, 2.45) is 0 Å². The minimum atomic E-state index is -0.175. The number of aromatic nitrogens is 2. The quantitative estimate of drug-likeness (QED) is 0.237. The zero-order chi connectivity index (χ0) is 28.5. The van der Waals surface area contributed by atoms with Crippen molar-refractivity contribution in [2.75, 3.05) is 4.90 Å². The van der Waals surface area contributed by atoms with E-state index >= 15 is 0 Å². The Bertz CT molecular complexity index is 1780. The number of amides is 2. The van der Waals surface area contributed by atoms with Gasteiger partial charge in [-0.05, 0) is 83.3 Å². The first kappa shape index (κ1) is 26.8. The van der Waals surface area contributed by atoms with Gasteiger partial charge >= 0.3 is 0 Å². The van der Waals surface area contributed by atoms with E-state index in [1.807, 2.05) is 90.4 Å². The Hall–Kier alpha value is -4.39. The van der Waals surface area contributed by atoms with Crippen LogP contribution < -0.4 is 10.2 Å². The van der Waals surface area contributed by atoms with Crippen molar-refractivity contribution < 1.29 is 9.59 Å². The molecule has 0 bridgehead atoms. The molecule has 204 valence electrons. The maximum Gasteiger partial charge on any atom is 0.268 e. The molecule has 1 aliphatic rings. The van der Waals surface area contributed by atoms with Crippen molar-refractivity contribution in [3.05, 3.63) is 141 Å². The summed E-state index contributed by atoms with van der Waals surface area (Å²) in [5.41, 5.74) is 7.58. The summed E-state index contributed by atoms with van der Waals surface area (Å²) < 4.78 is 1.99. The fraction of sp³-hybridized carbons (Fsp3) is 0.121. The number of hydrogen-bond donors (Lipinski definition) is 1. The van der Waals surface area contributed by atoms with Gasteiger partial charge in [0.15, 0.2) is 0 Å². The first-order chi connectivity index (χ1) is 19.9. The number of fused-ring (bicyclic) bond motifs is 2. The van der Waals surface area contributed by atoms with Crippen molar-refractivity contribution in [1.82, 2.24) is 14.9 Å². The smallest absolute Gasteiger partial charge is 0.268 e. The summed E-state index contributed by atoms with van der Waals surface area (Å²) in [5.74, 6) is -0.288. The van der Waals surface area contributed by atoms with Gasteiger partial charge in [-0.25, -0.2) is 0 Å². The van der Waals surface area contributed by atoms with Crippen LogP contribution in [0.5, 0.6) is 0 Å². The Morgan fingerprint density at radius 2 is 1.76 bits per heavy atom.